The van der Waals surface area contributed by atoms with Crippen molar-refractivity contribution in [2.75, 3.05) is 32.2 Å². The average Bonchev–Trinajstić information content (AvgIpc) is 3.26. The molecule has 0 spiro atoms. The number of ether oxygens (including phenoxy) is 2. The molecule has 3 atom stereocenters. The molecule has 0 aromatic carbocycles. The van der Waals surface area contributed by atoms with Gasteiger partial charge in [0.1, 0.15) is 18.8 Å². The lowest BCUT2D eigenvalue weighted by Crippen LogP contribution is -2.47. The second-order valence-electron chi connectivity index (χ2n) is 9.32. The molecule has 3 N–H and O–H groups in total. The minimum Gasteiger partial charge on any atom is -0.427 e. The Morgan fingerprint density at radius 3 is 2.61 bits per heavy atom. The molecule has 0 saturated carbocycles. The average molecular weight is 473 g/mol. The van der Waals surface area contributed by atoms with Gasteiger partial charge in [-0.1, -0.05) is 6.92 Å². The van der Waals surface area contributed by atoms with E-state index in [0.717, 1.165) is 30.3 Å². The highest BCUT2D eigenvalue weighted by molar-refractivity contribution is 8.14. The third-order valence-corrected chi connectivity index (χ3v) is 7.98. The van der Waals surface area contributed by atoms with Gasteiger partial charge in [0, 0.05) is 22.6 Å². The molecule has 0 amide bonds. The Labute approximate surface area is 192 Å². The van der Waals surface area contributed by atoms with Gasteiger partial charge in [-0.15, -0.1) is 11.8 Å². The molecule has 31 heavy (non-hydrogen) atoms. The minimum absolute atomic E-state index is 0.0419. The molecule has 0 aliphatic carbocycles. The van der Waals surface area contributed by atoms with Crippen LogP contribution in [0, 0.1) is 11.3 Å². The lowest BCUT2D eigenvalue weighted by Gasteiger charge is -2.29. The van der Waals surface area contributed by atoms with E-state index in [0.29, 0.717) is 17.4 Å². The van der Waals surface area contributed by atoms with Crippen molar-refractivity contribution in [2.45, 2.75) is 58.4 Å². The third-order valence-electron chi connectivity index (χ3n) is 5.43. The first-order chi connectivity index (χ1) is 14.6. The summed E-state index contributed by atoms with van der Waals surface area (Å²) in [5.41, 5.74) is -0.232. The fourth-order valence-corrected chi connectivity index (χ4v) is 6.03. The van der Waals surface area contributed by atoms with Crippen molar-refractivity contribution in [1.29, 1.82) is 0 Å². The maximum Gasteiger partial charge on any atom is 0.358 e. The van der Waals surface area contributed by atoms with Gasteiger partial charge in [0.2, 0.25) is 6.79 Å². The number of esters is 2. The molecular formula is C21H34N3O5S2+. The van der Waals surface area contributed by atoms with Crippen molar-refractivity contribution < 1.29 is 28.7 Å². The smallest absolute Gasteiger partial charge is 0.358 e. The van der Waals surface area contributed by atoms with E-state index in [1.54, 1.807) is 39.5 Å². The molecule has 3 unspecified atom stereocenters. The topological polar surface area (TPSA) is 99.9 Å². The van der Waals surface area contributed by atoms with Crippen LogP contribution in [-0.2, 0) is 19.1 Å². The fourth-order valence-electron chi connectivity index (χ4n) is 3.59. The molecule has 0 bridgehead atoms. The second-order valence-corrected chi connectivity index (χ2v) is 11.7. The summed E-state index contributed by atoms with van der Waals surface area (Å²) in [5, 5.41) is 18.2. The molecule has 2 fully saturated rings. The van der Waals surface area contributed by atoms with Crippen LogP contribution in [0.1, 0.15) is 41.0 Å². The maximum absolute atomic E-state index is 12.8. The van der Waals surface area contributed by atoms with Crippen LogP contribution in [0.25, 0.3) is 0 Å². The summed E-state index contributed by atoms with van der Waals surface area (Å²) in [4.78, 5) is 25.6. The van der Waals surface area contributed by atoms with E-state index in [4.69, 9.17) is 9.47 Å². The number of hydrogen-bond acceptors (Lipinski definition) is 8. The highest BCUT2D eigenvalue weighted by Crippen LogP contribution is 2.40. The van der Waals surface area contributed by atoms with Crippen LogP contribution < -0.4 is 10.6 Å². The molecular weight excluding hydrogens is 438 g/mol. The number of nitrogens with zero attached hydrogens (tertiary/aromatic N) is 1. The number of nitrogens with one attached hydrogen (secondary N) is 2. The maximum atomic E-state index is 12.8. The Morgan fingerprint density at radius 1 is 1.32 bits per heavy atom. The van der Waals surface area contributed by atoms with Crippen molar-refractivity contribution in [1.82, 2.24) is 10.6 Å². The van der Waals surface area contributed by atoms with Crippen LogP contribution in [0.4, 0.5) is 0 Å². The van der Waals surface area contributed by atoms with Crippen LogP contribution in [0.3, 0.4) is 0 Å². The summed E-state index contributed by atoms with van der Waals surface area (Å²) in [5.74, 6) is 0.240. The number of thioether (sulfide) groups is 2. The van der Waals surface area contributed by atoms with Crippen molar-refractivity contribution in [3.05, 3.63) is 10.6 Å². The number of carbonyl (C=O) groups is 2. The monoisotopic (exact) mass is 472 g/mol. The van der Waals surface area contributed by atoms with Crippen LogP contribution in [0.5, 0.6) is 0 Å². The first-order valence-electron chi connectivity index (χ1n) is 10.7. The van der Waals surface area contributed by atoms with E-state index >= 15 is 0 Å². The molecule has 3 aliphatic rings. The van der Waals surface area contributed by atoms with Crippen molar-refractivity contribution in [2.24, 2.45) is 11.3 Å². The normalized spacial score (nSPS) is 26.8. The first kappa shape index (κ1) is 24.3. The van der Waals surface area contributed by atoms with Gasteiger partial charge in [0.15, 0.2) is 0 Å². The van der Waals surface area contributed by atoms with Crippen LogP contribution in [0.2, 0.25) is 0 Å². The molecule has 10 heteroatoms. The first-order valence-corrected chi connectivity index (χ1v) is 12.6. The molecule has 8 nitrogen and oxygen atoms in total. The lowest BCUT2D eigenvalue weighted by atomic mass is 9.98. The molecule has 2 saturated heterocycles. The number of carbonyl (C=O) groups excluding carboxylic acids is 2. The van der Waals surface area contributed by atoms with E-state index in [1.807, 2.05) is 11.8 Å². The number of aliphatic hydroxyl groups is 1. The molecule has 0 radical (unpaired) electrons. The van der Waals surface area contributed by atoms with E-state index < -0.39 is 30.3 Å². The zero-order valence-electron chi connectivity index (χ0n) is 18.9. The molecule has 0 aromatic heterocycles. The van der Waals surface area contributed by atoms with Crippen LogP contribution in [-0.4, -0.2) is 76.4 Å². The standard InChI is InChI=1S/C21H33N3O5S2/c1-12(25)8-15-13(2)17(31-14-9-24(10-14)20-22-6-7-30-20)16(23-15)18(26)28-11-29-19(27)21(3,4)5/h12-15,23,25H,6-11H2,1-5H3/p+1. The van der Waals surface area contributed by atoms with E-state index in [2.05, 4.69) is 22.1 Å². The predicted molar refractivity (Wildman–Crippen MR) is 123 cm³/mol. The van der Waals surface area contributed by atoms with Crippen molar-refractivity contribution in [3.63, 3.8) is 0 Å². The molecule has 0 aromatic rings. The highest BCUT2D eigenvalue weighted by atomic mass is 32.2. The Kier molecular flexibility index (Phi) is 7.86. The minimum atomic E-state index is -0.657. The molecule has 174 valence electrons. The van der Waals surface area contributed by atoms with E-state index in [9.17, 15) is 14.7 Å². The second kappa shape index (κ2) is 10.0. The Bertz CT molecular complexity index is 759. The molecule has 3 rings (SSSR count). The van der Waals surface area contributed by atoms with Gasteiger partial charge in [0.05, 0.1) is 23.3 Å². The SMILES string of the molecule is CC(O)CC1NC(C(=O)OCOC(=O)C(C)(C)C)=C(SC2C[N+](=C3NCCS3)C2)C1C. The quantitative estimate of drug-likeness (QED) is 0.289. The Balaban J connectivity index is 1.63. The van der Waals surface area contributed by atoms with Gasteiger partial charge in [0.25, 0.3) is 0 Å². The molecule has 3 heterocycles. The van der Waals surface area contributed by atoms with Crippen molar-refractivity contribution in [3.8, 4) is 0 Å². The largest absolute Gasteiger partial charge is 0.427 e. The fraction of sp³-hybridized carbons (Fsp3) is 0.762. The summed E-state index contributed by atoms with van der Waals surface area (Å²) in [6.07, 6.45) is 0.0615. The highest BCUT2D eigenvalue weighted by Gasteiger charge is 2.41. The summed E-state index contributed by atoms with van der Waals surface area (Å²) >= 11 is 3.56. The number of hydrogen-bond donors (Lipinski definition) is 3. The van der Waals surface area contributed by atoms with E-state index in [1.165, 1.54) is 5.17 Å². The van der Waals surface area contributed by atoms with Crippen LogP contribution >= 0.6 is 23.5 Å². The summed E-state index contributed by atoms with van der Waals surface area (Å²) in [7, 11) is 0. The number of amidine groups is 1. The van der Waals surface area contributed by atoms with Crippen LogP contribution in [0.15, 0.2) is 10.6 Å². The summed E-state index contributed by atoms with van der Waals surface area (Å²) < 4.78 is 12.7. The van der Waals surface area contributed by atoms with Gasteiger partial charge in [-0.05, 0) is 45.9 Å². The Hall–Kier alpha value is -1.39. The van der Waals surface area contributed by atoms with Gasteiger partial charge < -0.3 is 19.9 Å². The van der Waals surface area contributed by atoms with Gasteiger partial charge in [-0.3, -0.25) is 14.7 Å². The zero-order chi connectivity index (χ0) is 22.8. The summed E-state index contributed by atoms with van der Waals surface area (Å²) in [6.45, 7) is 11.5. The van der Waals surface area contributed by atoms with E-state index in [-0.39, 0.29) is 12.0 Å². The van der Waals surface area contributed by atoms with Gasteiger partial charge >= 0.3 is 17.1 Å². The van der Waals surface area contributed by atoms with Crippen molar-refractivity contribution >= 4 is 40.6 Å². The van der Waals surface area contributed by atoms with Gasteiger partial charge in [-0.2, -0.15) is 0 Å². The lowest BCUT2D eigenvalue weighted by molar-refractivity contribution is -0.578. The third kappa shape index (κ3) is 6.10. The summed E-state index contributed by atoms with van der Waals surface area (Å²) in [6, 6.07) is -0.0419. The Morgan fingerprint density at radius 2 is 2.03 bits per heavy atom. The molecule has 3 aliphatic heterocycles. The van der Waals surface area contributed by atoms with Gasteiger partial charge in [-0.25, -0.2) is 4.79 Å². The number of aliphatic hydroxyl groups excluding tert-OH is 1. The zero-order valence-corrected chi connectivity index (χ0v) is 20.5. The predicted octanol–water partition coefficient (Wildman–Crippen LogP) is 1.49. The number of rotatable bonds is 7.